The average Bonchev–Trinajstić information content (AvgIpc) is 4.11. The Morgan fingerprint density at radius 2 is 1.73 bits per heavy atom. The number of aryl methyl sites for hydroxylation is 1. The number of amides is 4. The predicted octanol–water partition coefficient (Wildman–Crippen LogP) is 5.43. The zero-order valence-corrected chi connectivity index (χ0v) is 35.2. The van der Waals surface area contributed by atoms with E-state index in [1.54, 1.807) is 24.0 Å². The molecule has 5 aliphatic heterocycles. The number of carbonyl (C=O) groups is 4. The molecule has 5 aliphatic rings. The number of hydrogen-bond donors (Lipinski definition) is 3. The van der Waals surface area contributed by atoms with E-state index in [0.717, 1.165) is 101 Å². The number of halogens is 1. The minimum absolute atomic E-state index is 0.0326. The number of rotatable bonds is 11. The van der Waals surface area contributed by atoms with Crippen molar-refractivity contribution in [3.8, 4) is 11.1 Å². The van der Waals surface area contributed by atoms with Gasteiger partial charge in [-0.15, -0.1) is 11.3 Å². The van der Waals surface area contributed by atoms with Crippen LogP contribution in [0.15, 0.2) is 78.6 Å². The molecule has 3 aromatic carbocycles. The number of nitrogens with one attached hydrogen (secondary N) is 3. The standard InChI is InChI=1S/C46H49FN10O4S/c47-37-25-31(24-35-36(37)27-57(45(35)61)42(44(60)52-46-48-14-22-62-46)41-39-5-2-15-56(39)28-49-41)30-6-8-33(9-7-30)54-16-12-34(13-17-54)55-20-18-53(19-21-55)26-29-3-1-4-32(23-29)50-38-10-11-40(58)51-43(38)59/h1,3-4,6-9,14,22-25,28,34,38,42,50H,2,5,10-13,15-21,26-27H2,(H,48,52,60)(H,51,58,59). The van der Waals surface area contributed by atoms with Crippen molar-refractivity contribution in [1.29, 1.82) is 0 Å². The summed E-state index contributed by atoms with van der Waals surface area (Å²) in [4.78, 5) is 69.6. The number of anilines is 3. The smallest absolute Gasteiger partial charge is 0.255 e. The number of imidazole rings is 1. The van der Waals surface area contributed by atoms with Crippen LogP contribution in [0.3, 0.4) is 0 Å². The molecule has 5 aromatic rings. The van der Waals surface area contributed by atoms with Crippen LogP contribution in [0.4, 0.5) is 20.9 Å². The van der Waals surface area contributed by atoms with E-state index in [0.29, 0.717) is 35.3 Å². The Bertz CT molecular complexity index is 2490. The monoisotopic (exact) mass is 856 g/mol. The number of benzene rings is 3. The number of carbonyl (C=O) groups excluding carboxylic acids is 4. The molecule has 2 atom stereocenters. The first-order chi connectivity index (χ1) is 30.2. The molecule has 4 amide bonds. The Labute approximate surface area is 363 Å². The van der Waals surface area contributed by atoms with Gasteiger partial charge in [0.2, 0.25) is 11.8 Å². The number of piperazine rings is 1. The number of aromatic nitrogens is 3. The second-order valence-electron chi connectivity index (χ2n) is 16.9. The Hall–Kier alpha value is -5.97. The van der Waals surface area contributed by atoms with E-state index < -0.39 is 29.7 Å². The van der Waals surface area contributed by atoms with Crippen molar-refractivity contribution in [2.75, 3.05) is 54.8 Å². The molecule has 10 rings (SSSR count). The molecule has 0 saturated carbocycles. The van der Waals surface area contributed by atoms with Gasteiger partial charge in [0.1, 0.15) is 11.9 Å². The lowest BCUT2D eigenvalue weighted by Gasteiger charge is -2.43. The zero-order chi connectivity index (χ0) is 42.3. The molecule has 7 heterocycles. The van der Waals surface area contributed by atoms with Crippen molar-refractivity contribution < 1.29 is 23.6 Å². The largest absolute Gasteiger partial charge is 0.374 e. The first-order valence-electron chi connectivity index (χ1n) is 21.6. The van der Waals surface area contributed by atoms with Crippen molar-refractivity contribution in [3.63, 3.8) is 0 Å². The average molecular weight is 857 g/mol. The van der Waals surface area contributed by atoms with Gasteiger partial charge in [0.25, 0.3) is 11.8 Å². The van der Waals surface area contributed by atoms with E-state index in [1.807, 2.05) is 28.8 Å². The van der Waals surface area contributed by atoms with Crippen LogP contribution in [0.1, 0.15) is 71.0 Å². The predicted molar refractivity (Wildman–Crippen MR) is 234 cm³/mol. The van der Waals surface area contributed by atoms with E-state index in [4.69, 9.17) is 0 Å². The minimum Gasteiger partial charge on any atom is -0.374 e. The molecule has 320 valence electrons. The molecule has 0 spiro atoms. The van der Waals surface area contributed by atoms with Gasteiger partial charge in [-0.2, -0.15) is 0 Å². The summed E-state index contributed by atoms with van der Waals surface area (Å²) >= 11 is 1.29. The highest BCUT2D eigenvalue weighted by Crippen LogP contribution is 2.38. The van der Waals surface area contributed by atoms with Crippen LogP contribution in [0.5, 0.6) is 0 Å². The fourth-order valence-electron chi connectivity index (χ4n) is 9.86. The van der Waals surface area contributed by atoms with Crippen molar-refractivity contribution in [2.24, 2.45) is 0 Å². The molecular weight excluding hydrogens is 808 g/mol. The Kier molecular flexibility index (Phi) is 11.0. The van der Waals surface area contributed by atoms with Crippen molar-refractivity contribution in [2.45, 2.75) is 76.3 Å². The molecule has 14 nitrogen and oxygen atoms in total. The second-order valence-corrected chi connectivity index (χ2v) is 17.8. The number of piperidine rings is 2. The van der Waals surface area contributed by atoms with E-state index in [9.17, 15) is 19.2 Å². The minimum atomic E-state index is -1.03. The highest BCUT2D eigenvalue weighted by atomic mass is 32.1. The molecule has 0 bridgehead atoms. The summed E-state index contributed by atoms with van der Waals surface area (Å²) in [6, 6.07) is 18.7. The maximum atomic E-state index is 16.0. The summed E-state index contributed by atoms with van der Waals surface area (Å²) in [5, 5.41) is 10.8. The summed E-state index contributed by atoms with van der Waals surface area (Å²) in [5.41, 5.74) is 6.65. The highest BCUT2D eigenvalue weighted by Gasteiger charge is 2.42. The summed E-state index contributed by atoms with van der Waals surface area (Å²) < 4.78 is 18.0. The Morgan fingerprint density at radius 1 is 0.903 bits per heavy atom. The van der Waals surface area contributed by atoms with Gasteiger partial charge in [-0.05, 0) is 85.2 Å². The molecular formula is C46H49FN10O4S. The molecule has 0 radical (unpaired) electrons. The molecule has 3 fully saturated rings. The summed E-state index contributed by atoms with van der Waals surface area (Å²) in [5.74, 6) is -1.76. The lowest BCUT2D eigenvalue weighted by molar-refractivity contribution is -0.133. The van der Waals surface area contributed by atoms with Crippen LogP contribution >= 0.6 is 11.3 Å². The third kappa shape index (κ3) is 8.09. The van der Waals surface area contributed by atoms with Crippen LogP contribution in [-0.2, 0) is 40.4 Å². The van der Waals surface area contributed by atoms with Crippen LogP contribution < -0.4 is 20.9 Å². The number of hydrogen-bond acceptors (Lipinski definition) is 11. The summed E-state index contributed by atoms with van der Waals surface area (Å²) in [6.07, 6.45) is 8.02. The van der Waals surface area contributed by atoms with Gasteiger partial charge in [0.15, 0.2) is 11.2 Å². The van der Waals surface area contributed by atoms with Gasteiger partial charge in [0.05, 0.1) is 18.6 Å². The third-order valence-corrected chi connectivity index (χ3v) is 13.8. The summed E-state index contributed by atoms with van der Waals surface area (Å²) in [6.45, 7) is 7.56. The normalized spacial score (nSPS) is 20.3. The van der Waals surface area contributed by atoms with Crippen LogP contribution in [-0.4, -0.2) is 104 Å². The van der Waals surface area contributed by atoms with Crippen LogP contribution in [0.25, 0.3) is 11.1 Å². The fraction of sp³-hybridized carbons (Fsp3) is 0.391. The Morgan fingerprint density at radius 3 is 2.50 bits per heavy atom. The molecule has 0 aliphatic carbocycles. The first kappa shape index (κ1) is 40.1. The lowest BCUT2D eigenvalue weighted by atomic mass is 9.98. The topological polar surface area (TPSA) is 148 Å². The summed E-state index contributed by atoms with van der Waals surface area (Å²) in [7, 11) is 0. The molecule has 2 aromatic heterocycles. The third-order valence-electron chi connectivity index (χ3n) is 13.2. The number of nitrogens with zero attached hydrogens (tertiary/aromatic N) is 7. The van der Waals surface area contributed by atoms with Crippen molar-refractivity contribution >= 4 is 51.5 Å². The molecule has 62 heavy (non-hydrogen) atoms. The molecule has 3 saturated heterocycles. The number of fused-ring (bicyclic) bond motifs is 2. The van der Waals surface area contributed by atoms with Crippen LogP contribution in [0.2, 0.25) is 0 Å². The van der Waals surface area contributed by atoms with Gasteiger partial charge in [0, 0.05) is 105 Å². The maximum absolute atomic E-state index is 16.0. The van der Waals surface area contributed by atoms with Crippen molar-refractivity contribution in [1.82, 2.24) is 34.6 Å². The van der Waals surface area contributed by atoms with Gasteiger partial charge in [-0.25, -0.2) is 14.4 Å². The van der Waals surface area contributed by atoms with E-state index in [-0.39, 0.29) is 29.5 Å². The molecule has 3 N–H and O–H groups in total. The quantitative estimate of drug-likeness (QED) is 0.147. The fourth-order valence-corrected chi connectivity index (χ4v) is 10.4. The SMILES string of the molecule is O=C1CCC(Nc2cccc(CN3CCN(C4CCN(c5ccc(-c6cc(F)c7c(c6)C(=O)N(C(C(=O)Nc6nccs6)c6ncn8c6CCC8)C7)cc5)CC4)CC3)c2)C(=O)N1. The second kappa shape index (κ2) is 17.1. The van der Waals surface area contributed by atoms with Gasteiger partial charge >= 0.3 is 0 Å². The van der Waals surface area contributed by atoms with Crippen molar-refractivity contribution in [3.05, 3.63) is 112 Å². The zero-order valence-electron chi connectivity index (χ0n) is 34.4. The maximum Gasteiger partial charge on any atom is 0.255 e. The molecule has 16 heteroatoms. The molecule has 2 unspecified atom stereocenters. The van der Waals surface area contributed by atoms with E-state index in [2.05, 4.69) is 64.9 Å². The van der Waals surface area contributed by atoms with Crippen LogP contribution in [0, 0.1) is 5.82 Å². The highest BCUT2D eigenvalue weighted by molar-refractivity contribution is 7.13. The van der Waals surface area contributed by atoms with E-state index >= 15 is 4.39 Å². The van der Waals surface area contributed by atoms with E-state index in [1.165, 1.54) is 27.9 Å². The van der Waals surface area contributed by atoms with Gasteiger partial charge in [-0.3, -0.25) is 39.6 Å². The van der Waals surface area contributed by atoms with Gasteiger partial charge in [-0.1, -0.05) is 24.3 Å². The lowest BCUT2D eigenvalue weighted by Crippen LogP contribution is -2.53. The number of imide groups is 1. The Balaban J connectivity index is 0.740. The number of thiazole rings is 1. The van der Waals surface area contributed by atoms with Gasteiger partial charge < -0.3 is 19.7 Å². The first-order valence-corrected chi connectivity index (χ1v) is 22.5.